The number of halogens is 4. The summed E-state index contributed by atoms with van der Waals surface area (Å²) < 4.78 is 48.8. The fourth-order valence-electron chi connectivity index (χ4n) is 4.47. The van der Waals surface area contributed by atoms with Crippen molar-refractivity contribution in [1.82, 2.24) is 19.8 Å². The van der Waals surface area contributed by atoms with E-state index < -0.39 is 48.7 Å². The van der Waals surface area contributed by atoms with E-state index in [1.807, 2.05) is 0 Å². The van der Waals surface area contributed by atoms with E-state index in [-0.39, 0.29) is 34.2 Å². The molecule has 1 saturated heterocycles. The van der Waals surface area contributed by atoms with Crippen LogP contribution in [0.2, 0.25) is 5.02 Å². The van der Waals surface area contributed by atoms with Gasteiger partial charge in [-0.1, -0.05) is 17.7 Å². The molecule has 1 fully saturated rings. The van der Waals surface area contributed by atoms with Gasteiger partial charge in [-0.15, -0.1) is 0 Å². The summed E-state index contributed by atoms with van der Waals surface area (Å²) in [5, 5.41) is 12.5. The van der Waals surface area contributed by atoms with Crippen LogP contribution in [0.1, 0.15) is 29.5 Å². The van der Waals surface area contributed by atoms with Crippen molar-refractivity contribution in [3.8, 4) is 0 Å². The van der Waals surface area contributed by atoms with E-state index in [1.165, 1.54) is 6.07 Å². The first-order chi connectivity index (χ1) is 16.9. The Balaban J connectivity index is 1.87. The van der Waals surface area contributed by atoms with Gasteiger partial charge in [-0.2, -0.15) is 0 Å². The Labute approximate surface area is 209 Å². The number of aryl methyl sites for hydroxylation is 2. The third kappa shape index (κ3) is 4.96. The second-order valence-electron chi connectivity index (χ2n) is 8.69. The number of hydrogen-bond donors (Lipinski definition) is 2. The number of alkyl halides is 2. The van der Waals surface area contributed by atoms with Gasteiger partial charge in [0.2, 0.25) is 0 Å². The number of methoxy groups -OCH3 is 1. The summed E-state index contributed by atoms with van der Waals surface area (Å²) >= 11 is 6.31. The number of carboxylic acid groups (broad SMARTS) is 1. The van der Waals surface area contributed by atoms with E-state index in [1.54, 1.807) is 24.7 Å². The van der Waals surface area contributed by atoms with Crippen LogP contribution < -0.4 is 5.32 Å². The summed E-state index contributed by atoms with van der Waals surface area (Å²) in [7, 11) is 2.86. The molecule has 0 aliphatic carbocycles. The van der Waals surface area contributed by atoms with Crippen molar-refractivity contribution in [3.05, 3.63) is 63.6 Å². The van der Waals surface area contributed by atoms with Crippen molar-refractivity contribution >= 4 is 29.4 Å². The molecule has 2 aliphatic rings. The van der Waals surface area contributed by atoms with Crippen LogP contribution in [-0.4, -0.2) is 69.5 Å². The first-order valence-corrected chi connectivity index (χ1v) is 11.2. The standard InChI is InChI=1S/C23H23ClF3N5O4/c1-11-8-31(2)20(28-11)19-29-15(9-32-10-23(26,27)7-16(32)21(33)34)17(22(35)36-3)18(30-19)13-5-4-12(25)6-14(13)24/h4-6,8,16,18H,7,9-10H2,1-3H3,(H,29,30)(H,33,34). The Hall–Kier alpha value is -3.38. The molecule has 13 heteroatoms. The van der Waals surface area contributed by atoms with Gasteiger partial charge in [-0.3, -0.25) is 14.7 Å². The highest BCUT2D eigenvalue weighted by Gasteiger charge is 2.49. The van der Waals surface area contributed by atoms with Gasteiger partial charge in [0.05, 0.1) is 24.9 Å². The second-order valence-corrected chi connectivity index (χ2v) is 9.10. The predicted octanol–water partition coefficient (Wildman–Crippen LogP) is 2.83. The summed E-state index contributed by atoms with van der Waals surface area (Å²) in [6, 6.07) is 0.997. The lowest BCUT2D eigenvalue weighted by molar-refractivity contribution is -0.142. The molecule has 2 N–H and O–H groups in total. The maximum atomic E-state index is 14.2. The van der Waals surface area contributed by atoms with Gasteiger partial charge in [0.15, 0.2) is 11.7 Å². The molecule has 2 aliphatic heterocycles. The lowest BCUT2D eigenvalue weighted by Gasteiger charge is -2.30. The maximum Gasteiger partial charge on any atom is 0.338 e. The average Bonchev–Trinajstić information content (AvgIpc) is 3.29. The number of benzene rings is 1. The van der Waals surface area contributed by atoms with Gasteiger partial charge in [-0.25, -0.2) is 22.9 Å². The van der Waals surface area contributed by atoms with E-state index >= 15 is 0 Å². The number of aromatic nitrogens is 2. The zero-order valence-electron chi connectivity index (χ0n) is 19.6. The molecule has 9 nitrogen and oxygen atoms in total. The van der Waals surface area contributed by atoms with Gasteiger partial charge in [-0.05, 0) is 19.1 Å². The number of likely N-dealkylation sites (tertiary alicyclic amines) is 1. The Morgan fingerprint density at radius 2 is 2.08 bits per heavy atom. The van der Waals surface area contributed by atoms with Crippen LogP contribution in [0.15, 0.2) is 40.7 Å². The van der Waals surface area contributed by atoms with Crippen molar-refractivity contribution < 1.29 is 32.6 Å². The van der Waals surface area contributed by atoms with E-state index in [2.05, 4.69) is 15.3 Å². The van der Waals surface area contributed by atoms with Crippen LogP contribution in [0, 0.1) is 12.7 Å². The van der Waals surface area contributed by atoms with Gasteiger partial charge in [0, 0.05) is 42.5 Å². The molecule has 1 aromatic heterocycles. The predicted molar refractivity (Wildman–Crippen MR) is 123 cm³/mol. The molecule has 0 spiro atoms. The van der Waals surface area contributed by atoms with Crippen molar-refractivity contribution in [3.63, 3.8) is 0 Å². The highest BCUT2D eigenvalue weighted by molar-refractivity contribution is 6.31. The Bertz CT molecular complexity index is 1290. The van der Waals surface area contributed by atoms with Crippen molar-refractivity contribution in [2.45, 2.75) is 31.4 Å². The van der Waals surface area contributed by atoms with E-state index in [4.69, 9.17) is 16.3 Å². The van der Waals surface area contributed by atoms with Crippen LogP contribution in [-0.2, 0) is 21.4 Å². The lowest BCUT2D eigenvalue weighted by atomic mass is 9.95. The van der Waals surface area contributed by atoms with Gasteiger partial charge in [0.1, 0.15) is 17.9 Å². The van der Waals surface area contributed by atoms with Crippen molar-refractivity contribution in [1.29, 1.82) is 0 Å². The fourth-order valence-corrected chi connectivity index (χ4v) is 4.74. The Kier molecular flexibility index (Phi) is 6.84. The summed E-state index contributed by atoms with van der Waals surface area (Å²) in [6.45, 7) is 0.593. The number of carboxylic acids is 1. The quantitative estimate of drug-likeness (QED) is 0.558. The third-order valence-corrected chi connectivity index (χ3v) is 6.34. The molecular formula is C23H23ClF3N5O4. The molecule has 0 bridgehead atoms. The fraction of sp³-hybridized carbons (Fsp3) is 0.391. The minimum absolute atomic E-state index is 0.0158. The number of aliphatic carboxylic acids is 1. The van der Waals surface area contributed by atoms with Crippen LogP contribution in [0.3, 0.4) is 0 Å². The Morgan fingerprint density at radius 3 is 2.67 bits per heavy atom. The van der Waals surface area contributed by atoms with Gasteiger partial charge >= 0.3 is 11.9 Å². The van der Waals surface area contributed by atoms with Crippen LogP contribution in [0.25, 0.3) is 0 Å². The number of carbonyl (C=O) groups is 2. The molecule has 192 valence electrons. The first-order valence-electron chi connectivity index (χ1n) is 10.9. The molecule has 2 unspecified atom stereocenters. The third-order valence-electron chi connectivity index (χ3n) is 6.01. The molecule has 0 saturated carbocycles. The maximum absolute atomic E-state index is 14.2. The van der Waals surface area contributed by atoms with E-state index in [9.17, 15) is 27.9 Å². The number of hydrogen-bond acceptors (Lipinski definition) is 7. The summed E-state index contributed by atoms with van der Waals surface area (Å²) in [6.07, 6.45) is 0.871. The number of imidazole rings is 1. The largest absolute Gasteiger partial charge is 0.480 e. The SMILES string of the molecule is COC(=O)C1=C(CN2CC(F)(F)CC2C(=O)O)NC(c2nc(C)cn2C)=NC1c1ccc(F)cc1Cl. The lowest BCUT2D eigenvalue weighted by Crippen LogP contribution is -2.44. The first kappa shape index (κ1) is 25.7. The molecule has 2 aromatic rings. The number of nitrogens with one attached hydrogen (secondary N) is 1. The molecule has 3 heterocycles. The molecular weight excluding hydrogens is 503 g/mol. The number of amidine groups is 1. The van der Waals surface area contributed by atoms with E-state index in [0.717, 1.165) is 24.1 Å². The zero-order valence-corrected chi connectivity index (χ0v) is 20.3. The summed E-state index contributed by atoms with van der Waals surface area (Å²) in [4.78, 5) is 34.8. The van der Waals surface area contributed by atoms with Crippen molar-refractivity contribution in [2.24, 2.45) is 12.0 Å². The van der Waals surface area contributed by atoms with Crippen molar-refractivity contribution in [2.75, 3.05) is 20.2 Å². The van der Waals surface area contributed by atoms with Gasteiger partial charge in [0.25, 0.3) is 5.92 Å². The molecule has 0 amide bonds. The van der Waals surface area contributed by atoms with Crippen LogP contribution in [0.4, 0.5) is 13.2 Å². The summed E-state index contributed by atoms with van der Waals surface area (Å²) in [5.74, 6) is -5.50. The summed E-state index contributed by atoms with van der Waals surface area (Å²) in [5.41, 5.74) is 0.965. The highest BCUT2D eigenvalue weighted by Crippen LogP contribution is 2.38. The zero-order chi connectivity index (χ0) is 26.4. The van der Waals surface area contributed by atoms with Crippen LogP contribution in [0.5, 0.6) is 0 Å². The normalized spacial score (nSPS) is 21.8. The number of nitrogens with zero attached hydrogens (tertiary/aromatic N) is 4. The average molecular weight is 526 g/mol. The number of rotatable bonds is 6. The number of ether oxygens (including phenoxy) is 1. The van der Waals surface area contributed by atoms with Crippen LogP contribution >= 0.6 is 11.6 Å². The number of esters is 1. The minimum atomic E-state index is -3.23. The number of aliphatic imine (C=N–C) groups is 1. The topological polar surface area (TPSA) is 109 Å². The smallest absolute Gasteiger partial charge is 0.338 e. The highest BCUT2D eigenvalue weighted by atomic mass is 35.5. The molecule has 2 atom stereocenters. The molecule has 0 radical (unpaired) electrons. The molecule has 36 heavy (non-hydrogen) atoms. The minimum Gasteiger partial charge on any atom is -0.480 e. The molecule has 4 rings (SSSR count). The number of carbonyl (C=O) groups excluding carboxylic acids is 1. The monoisotopic (exact) mass is 525 g/mol. The van der Waals surface area contributed by atoms with E-state index in [0.29, 0.717) is 11.5 Å². The Morgan fingerprint density at radius 1 is 1.36 bits per heavy atom. The molecule has 1 aromatic carbocycles. The second kappa shape index (κ2) is 9.58. The van der Waals surface area contributed by atoms with Gasteiger partial charge < -0.3 is 19.7 Å².